The topological polar surface area (TPSA) is 79.2 Å². The molecule has 0 aliphatic rings. The summed E-state index contributed by atoms with van der Waals surface area (Å²) in [4.78, 5) is 13.0. The Morgan fingerprint density at radius 3 is 2.25 bits per heavy atom. The van der Waals surface area contributed by atoms with Crippen molar-refractivity contribution in [3.05, 3.63) is 24.3 Å². The van der Waals surface area contributed by atoms with Crippen molar-refractivity contribution < 1.29 is 24.5 Å². The first kappa shape index (κ1) is 16.3. The van der Waals surface area contributed by atoms with Crippen molar-refractivity contribution in [2.24, 2.45) is 0 Å². The van der Waals surface area contributed by atoms with Gasteiger partial charge in [0.15, 0.2) is 6.61 Å². The van der Waals surface area contributed by atoms with Gasteiger partial charge in [0.25, 0.3) is 0 Å². The summed E-state index contributed by atoms with van der Waals surface area (Å²) in [5.41, 5.74) is 0.872. The third-order valence-corrected chi connectivity index (χ3v) is 2.60. The second-order valence-electron chi connectivity index (χ2n) is 4.02. The Kier molecular flexibility index (Phi) is 7.46. The molecule has 0 saturated carbocycles. The van der Waals surface area contributed by atoms with Crippen LogP contribution in [0.25, 0.3) is 0 Å². The molecule has 0 aliphatic heterocycles. The van der Waals surface area contributed by atoms with Gasteiger partial charge in [-0.25, -0.2) is 4.79 Å². The second-order valence-corrected chi connectivity index (χ2v) is 4.02. The number of hydrogen-bond donors (Lipinski definition) is 2. The van der Waals surface area contributed by atoms with Crippen LogP contribution in [0.15, 0.2) is 24.3 Å². The minimum atomic E-state index is -0.404. The summed E-state index contributed by atoms with van der Waals surface area (Å²) in [7, 11) is 0. The lowest BCUT2D eigenvalue weighted by molar-refractivity contribution is -0.145. The van der Waals surface area contributed by atoms with Crippen molar-refractivity contribution in [1.29, 1.82) is 0 Å². The highest BCUT2D eigenvalue weighted by Crippen LogP contribution is 2.19. The van der Waals surface area contributed by atoms with E-state index in [1.165, 1.54) is 0 Å². The fourth-order valence-electron chi connectivity index (χ4n) is 1.71. The molecule has 1 aromatic carbocycles. The molecule has 6 nitrogen and oxygen atoms in total. The van der Waals surface area contributed by atoms with E-state index in [1.54, 1.807) is 19.1 Å². The molecule has 2 N–H and O–H groups in total. The summed E-state index contributed by atoms with van der Waals surface area (Å²) in [6.45, 7) is 2.88. The van der Waals surface area contributed by atoms with Gasteiger partial charge in [0, 0.05) is 18.8 Å². The normalized spacial score (nSPS) is 10.2. The van der Waals surface area contributed by atoms with Gasteiger partial charge in [-0.2, -0.15) is 0 Å². The zero-order chi connectivity index (χ0) is 14.8. The molecule has 0 bridgehead atoms. The van der Waals surface area contributed by atoms with E-state index in [0.717, 1.165) is 5.69 Å². The largest absolute Gasteiger partial charge is 0.482 e. The van der Waals surface area contributed by atoms with Crippen molar-refractivity contribution in [3.8, 4) is 5.75 Å². The molecule has 0 heterocycles. The second kappa shape index (κ2) is 9.17. The molecule has 0 fully saturated rings. The van der Waals surface area contributed by atoms with E-state index in [9.17, 15) is 4.79 Å². The van der Waals surface area contributed by atoms with Gasteiger partial charge >= 0.3 is 5.97 Å². The molecule has 112 valence electrons. The van der Waals surface area contributed by atoms with Crippen LogP contribution in [0.2, 0.25) is 0 Å². The molecule has 1 rings (SSSR count). The number of benzene rings is 1. The Morgan fingerprint density at radius 2 is 1.75 bits per heavy atom. The van der Waals surface area contributed by atoms with Gasteiger partial charge in [0.1, 0.15) is 5.75 Å². The summed E-state index contributed by atoms with van der Waals surface area (Å²) < 4.78 is 10.0. The highest BCUT2D eigenvalue weighted by molar-refractivity contribution is 5.71. The Labute approximate surface area is 118 Å². The number of ether oxygens (including phenoxy) is 2. The Bertz CT molecular complexity index is 387. The molecule has 0 amide bonds. The van der Waals surface area contributed by atoms with Crippen molar-refractivity contribution in [3.63, 3.8) is 0 Å². The number of aliphatic hydroxyl groups is 2. The first-order valence-corrected chi connectivity index (χ1v) is 6.56. The molecule has 0 unspecified atom stereocenters. The third-order valence-electron chi connectivity index (χ3n) is 2.60. The highest BCUT2D eigenvalue weighted by Gasteiger charge is 2.06. The maximum atomic E-state index is 11.2. The molecule has 0 aromatic heterocycles. The molecule has 20 heavy (non-hydrogen) atoms. The number of esters is 1. The molecule has 1 aromatic rings. The zero-order valence-electron chi connectivity index (χ0n) is 11.6. The Balaban J connectivity index is 2.56. The van der Waals surface area contributed by atoms with Crippen LogP contribution in [0, 0.1) is 0 Å². The Morgan fingerprint density at radius 1 is 1.15 bits per heavy atom. The number of aliphatic hydroxyl groups excluding tert-OH is 2. The van der Waals surface area contributed by atoms with E-state index < -0.39 is 5.97 Å². The maximum absolute atomic E-state index is 11.2. The average molecular weight is 283 g/mol. The van der Waals surface area contributed by atoms with E-state index in [4.69, 9.17) is 19.7 Å². The van der Waals surface area contributed by atoms with Gasteiger partial charge in [-0.15, -0.1) is 0 Å². The summed E-state index contributed by atoms with van der Waals surface area (Å²) in [5, 5.41) is 18.0. The van der Waals surface area contributed by atoms with Gasteiger partial charge in [0.05, 0.1) is 19.8 Å². The van der Waals surface area contributed by atoms with Gasteiger partial charge < -0.3 is 24.6 Å². The van der Waals surface area contributed by atoms with E-state index in [-0.39, 0.29) is 19.8 Å². The van der Waals surface area contributed by atoms with Crippen LogP contribution < -0.4 is 9.64 Å². The van der Waals surface area contributed by atoms with E-state index in [1.807, 2.05) is 17.0 Å². The molecule has 0 atom stereocenters. The molecular formula is C14H21NO5. The van der Waals surface area contributed by atoms with E-state index in [0.29, 0.717) is 25.4 Å². The lowest BCUT2D eigenvalue weighted by Crippen LogP contribution is -2.29. The zero-order valence-corrected chi connectivity index (χ0v) is 11.6. The van der Waals surface area contributed by atoms with Crippen LogP contribution >= 0.6 is 0 Å². The minimum Gasteiger partial charge on any atom is -0.482 e. The van der Waals surface area contributed by atoms with Crippen LogP contribution in [0.5, 0.6) is 5.75 Å². The van der Waals surface area contributed by atoms with Gasteiger partial charge in [-0.05, 0) is 31.2 Å². The van der Waals surface area contributed by atoms with Gasteiger partial charge in [-0.3, -0.25) is 0 Å². The quantitative estimate of drug-likeness (QED) is 0.639. The summed E-state index contributed by atoms with van der Waals surface area (Å²) >= 11 is 0. The van der Waals surface area contributed by atoms with Crippen LogP contribution in [-0.2, 0) is 9.53 Å². The fraction of sp³-hybridized carbons (Fsp3) is 0.500. The van der Waals surface area contributed by atoms with Crippen LogP contribution in [0.3, 0.4) is 0 Å². The van der Waals surface area contributed by atoms with Crippen LogP contribution in [-0.4, -0.2) is 55.7 Å². The summed E-state index contributed by atoms with van der Waals surface area (Å²) in [6, 6.07) is 7.09. The summed E-state index contributed by atoms with van der Waals surface area (Å²) in [5.74, 6) is 0.161. The molecule has 0 spiro atoms. The fourth-order valence-corrected chi connectivity index (χ4v) is 1.71. The smallest absolute Gasteiger partial charge is 0.344 e. The number of carbonyl (C=O) groups is 1. The number of anilines is 1. The molecule has 0 aliphatic carbocycles. The highest BCUT2D eigenvalue weighted by atomic mass is 16.6. The first-order valence-electron chi connectivity index (χ1n) is 6.56. The molecule has 6 heteroatoms. The predicted octanol–water partition coefficient (Wildman–Crippen LogP) is 0.419. The SMILES string of the molecule is CCOC(=O)COc1ccc(N(CCO)CCO)cc1. The average Bonchev–Trinajstić information content (AvgIpc) is 2.46. The van der Waals surface area contributed by atoms with Gasteiger partial charge in [0.2, 0.25) is 0 Å². The lowest BCUT2D eigenvalue weighted by atomic mass is 10.2. The van der Waals surface area contributed by atoms with E-state index in [2.05, 4.69) is 0 Å². The standard InChI is InChI=1S/C14H21NO5/c1-2-19-14(18)11-20-13-5-3-12(4-6-13)15(7-9-16)8-10-17/h3-6,16-17H,2,7-11H2,1H3. The van der Waals surface area contributed by atoms with E-state index >= 15 is 0 Å². The number of hydrogen-bond acceptors (Lipinski definition) is 6. The predicted molar refractivity (Wildman–Crippen MR) is 75.0 cm³/mol. The maximum Gasteiger partial charge on any atom is 0.344 e. The van der Waals surface area contributed by atoms with Gasteiger partial charge in [-0.1, -0.05) is 0 Å². The minimum absolute atomic E-state index is 0.0150. The number of nitrogens with zero attached hydrogens (tertiary/aromatic N) is 1. The number of rotatable bonds is 9. The first-order chi connectivity index (χ1) is 9.71. The monoisotopic (exact) mass is 283 g/mol. The molecule has 0 saturated heterocycles. The molecule has 0 radical (unpaired) electrons. The van der Waals surface area contributed by atoms with Crippen LogP contribution in [0.4, 0.5) is 5.69 Å². The lowest BCUT2D eigenvalue weighted by Gasteiger charge is -2.23. The van der Waals surface area contributed by atoms with Crippen molar-refractivity contribution in [1.82, 2.24) is 0 Å². The van der Waals surface area contributed by atoms with Crippen molar-refractivity contribution >= 4 is 11.7 Å². The van der Waals surface area contributed by atoms with Crippen molar-refractivity contribution in [2.45, 2.75) is 6.92 Å². The number of carbonyl (C=O) groups excluding carboxylic acids is 1. The Hall–Kier alpha value is -1.79. The van der Waals surface area contributed by atoms with Crippen LogP contribution in [0.1, 0.15) is 6.92 Å². The van der Waals surface area contributed by atoms with Crippen molar-refractivity contribution in [2.75, 3.05) is 44.4 Å². The third kappa shape index (κ3) is 5.46. The summed E-state index contributed by atoms with van der Waals surface area (Å²) in [6.07, 6.45) is 0. The molecular weight excluding hydrogens is 262 g/mol.